The van der Waals surface area contributed by atoms with Crippen molar-refractivity contribution in [3.63, 3.8) is 0 Å². The summed E-state index contributed by atoms with van der Waals surface area (Å²) in [6.07, 6.45) is 12.0. The zero-order valence-electron chi connectivity index (χ0n) is 59.5. The van der Waals surface area contributed by atoms with Gasteiger partial charge in [0.2, 0.25) is 0 Å². The molecule has 6 aromatic rings. The number of hydrogen-bond donors (Lipinski definition) is 7. The predicted molar refractivity (Wildman–Crippen MR) is 403 cm³/mol. The highest BCUT2D eigenvalue weighted by Crippen LogP contribution is 2.42. The number of carbonyl (C=O) groups is 1. The smallest absolute Gasteiger partial charge is 0.198 e. The first kappa shape index (κ1) is 79.9. The number of carbonyl (C=O) groups excluding carboxylic acids is 1. The topological polar surface area (TPSA) is 231 Å². The van der Waals surface area contributed by atoms with Crippen molar-refractivity contribution in [1.29, 1.82) is 0 Å². The third kappa shape index (κ3) is 22.4. The molecule has 3 saturated heterocycles. The summed E-state index contributed by atoms with van der Waals surface area (Å²) in [5, 5.41) is 60.4. The standard InChI is InChI=1S/C27H36BrNO5.C25H30BrNO5.C14H20BrNO2.C14H20O3/c1-27(32-2)22-16-19(4-6-24(22)34-18-26(27)31)7-10-29-11-8-20(9-12-29)15-21-3-5-23(28)25(17-21)33-14-13-30;26-21-3-1-19(15-24(21)31-12-11-28)13-18-6-9-27(10-7-18)8-5-17-2-4-23-20(14-17)25(30)22(29)16-32-23;15-13-2-1-12(10-14(13)18-8-7-17)9-11-3-5-16-6-4-11;1-4-5-10-6-7-12-11(8-10)14(2,16-3)13(15)9-17-12/h3-6,16-17,20,26,30-31H,7-15,18H2,1-2H3;1-4,14-15,18,22,28-29H,5-13,16H2;1-2,10-11,16-17H,3-9H2;6-8,13,15H,4-5,9H2,1-3H3. The lowest BCUT2D eigenvalue weighted by Crippen LogP contribution is -2.45. The monoisotopic (exact) mass is 1590 g/mol. The number of nitrogens with zero attached hydrogens (tertiary/aromatic N) is 2. The molecule has 3 fully saturated rings. The van der Waals surface area contributed by atoms with Crippen LogP contribution in [0.5, 0.6) is 34.5 Å². The summed E-state index contributed by atoms with van der Waals surface area (Å²) in [6.45, 7) is 16.2. The van der Waals surface area contributed by atoms with Crippen molar-refractivity contribution in [3.8, 4) is 34.5 Å². The number of halogens is 3. The highest BCUT2D eigenvalue weighted by atomic mass is 79.9. The van der Waals surface area contributed by atoms with E-state index in [0.29, 0.717) is 43.0 Å². The Morgan fingerprint density at radius 2 is 0.851 bits per heavy atom. The molecule has 21 heteroatoms. The summed E-state index contributed by atoms with van der Waals surface area (Å²) in [6, 6.07) is 36.9. The van der Waals surface area contributed by atoms with Gasteiger partial charge in [-0.25, -0.2) is 0 Å². The molecule has 0 amide bonds. The van der Waals surface area contributed by atoms with E-state index in [-0.39, 0.29) is 45.4 Å². The molecular formula is C80H106Br3N3O15. The number of rotatable bonds is 25. The van der Waals surface area contributed by atoms with Crippen LogP contribution in [0.15, 0.2) is 123 Å². The Balaban J connectivity index is 0.000000164. The molecular weight excluding hydrogens is 1480 g/mol. The second kappa shape index (κ2) is 39.8. The van der Waals surface area contributed by atoms with Crippen LogP contribution >= 0.6 is 47.8 Å². The van der Waals surface area contributed by atoms with Crippen LogP contribution in [0, 0.1) is 17.8 Å². The number of likely N-dealkylation sites (tertiary alicyclic amines) is 2. The zero-order valence-corrected chi connectivity index (χ0v) is 64.2. The van der Waals surface area contributed by atoms with Gasteiger partial charge in [-0.15, -0.1) is 0 Å². The number of aliphatic hydroxyl groups excluding tert-OH is 6. The minimum Gasteiger partial charge on any atom is -0.490 e. The molecule has 6 aliphatic heterocycles. The van der Waals surface area contributed by atoms with Crippen molar-refractivity contribution in [2.24, 2.45) is 17.8 Å². The maximum atomic E-state index is 12.2. The lowest BCUT2D eigenvalue weighted by Gasteiger charge is -2.39. The number of piperidine rings is 3. The number of methoxy groups -OCH3 is 2. The lowest BCUT2D eigenvalue weighted by molar-refractivity contribution is -0.122. The molecule has 5 atom stereocenters. The van der Waals surface area contributed by atoms with Crippen LogP contribution in [0.1, 0.15) is 121 Å². The number of benzene rings is 6. The molecule has 7 N–H and O–H groups in total. The number of ether oxygens (including phenoxy) is 8. The summed E-state index contributed by atoms with van der Waals surface area (Å²) < 4.78 is 47.4. The van der Waals surface area contributed by atoms with Crippen LogP contribution in [0.2, 0.25) is 0 Å². The second-order valence-electron chi connectivity index (χ2n) is 27.6. The molecule has 6 heterocycles. The summed E-state index contributed by atoms with van der Waals surface area (Å²) in [5.41, 5.74) is 8.44. The van der Waals surface area contributed by atoms with E-state index < -0.39 is 29.5 Å². The van der Waals surface area contributed by atoms with Gasteiger partial charge >= 0.3 is 0 Å². The van der Waals surface area contributed by atoms with Crippen LogP contribution in [-0.2, 0) is 59.2 Å². The molecule has 552 valence electrons. The van der Waals surface area contributed by atoms with Crippen molar-refractivity contribution < 1.29 is 73.3 Å². The molecule has 0 saturated carbocycles. The van der Waals surface area contributed by atoms with E-state index in [2.05, 4.69) is 130 Å². The van der Waals surface area contributed by atoms with Crippen molar-refractivity contribution >= 4 is 53.6 Å². The second-order valence-corrected chi connectivity index (χ2v) is 30.2. The summed E-state index contributed by atoms with van der Waals surface area (Å²) in [5.74, 6) is 6.47. The van der Waals surface area contributed by atoms with E-state index in [4.69, 9.17) is 53.2 Å². The summed E-state index contributed by atoms with van der Waals surface area (Å²) in [7, 11) is 3.27. The highest BCUT2D eigenvalue weighted by molar-refractivity contribution is 9.11. The van der Waals surface area contributed by atoms with Gasteiger partial charge in [-0.1, -0.05) is 49.7 Å². The van der Waals surface area contributed by atoms with Crippen molar-refractivity contribution in [2.45, 2.75) is 134 Å². The van der Waals surface area contributed by atoms with Gasteiger partial charge in [-0.3, -0.25) is 4.79 Å². The molecule has 18 nitrogen and oxygen atoms in total. The number of aryl methyl sites for hydroxylation is 1. The average molecular weight is 1590 g/mol. The number of ketones is 1. The van der Waals surface area contributed by atoms with E-state index in [1.807, 2.05) is 62.4 Å². The zero-order chi connectivity index (χ0) is 71.9. The van der Waals surface area contributed by atoms with Gasteiger partial charge in [0, 0.05) is 38.4 Å². The molecule has 0 aliphatic carbocycles. The van der Waals surface area contributed by atoms with E-state index in [1.54, 1.807) is 14.2 Å². The number of Topliss-reactive ketones (excluding diaryl/α,β-unsaturated/α-hetero) is 1. The minimum atomic E-state index is -1.06. The summed E-state index contributed by atoms with van der Waals surface area (Å²) >= 11 is 10.5. The van der Waals surface area contributed by atoms with E-state index >= 15 is 0 Å². The number of fused-ring (bicyclic) bond motifs is 3. The molecule has 6 aromatic carbocycles. The largest absolute Gasteiger partial charge is 0.490 e. The van der Waals surface area contributed by atoms with E-state index in [0.717, 1.165) is 175 Å². The van der Waals surface area contributed by atoms with E-state index in [9.17, 15) is 20.1 Å². The molecule has 0 aromatic heterocycles. The Morgan fingerprint density at radius 1 is 0.485 bits per heavy atom. The molecule has 12 rings (SSSR count). The Hall–Kier alpha value is -5.21. The van der Waals surface area contributed by atoms with Gasteiger partial charge in [0.15, 0.2) is 11.9 Å². The van der Waals surface area contributed by atoms with Crippen molar-refractivity contribution in [3.05, 3.63) is 173 Å². The maximum Gasteiger partial charge on any atom is 0.198 e. The quantitative estimate of drug-likeness (QED) is 0.0282. The SMILES string of the molecule is CCCc1ccc2c(c1)C(C)(OC)C(O)CO2.COC1(C)c2cc(CCN3CCC(Cc4ccc(Br)c(OCCO)c4)CC3)ccc2OCC1O.O=C1c2cc(CCN3CCC(Cc4ccc(Br)c(OCCO)c4)CC3)ccc2OCC1O.OCCOc1cc(CC2CCNCC2)ccc1Br. The Morgan fingerprint density at radius 3 is 1.25 bits per heavy atom. The molecule has 101 heavy (non-hydrogen) atoms. The van der Waals surface area contributed by atoms with Gasteiger partial charge < -0.3 is 83.7 Å². The van der Waals surface area contributed by atoms with Gasteiger partial charge in [0.05, 0.1) is 38.8 Å². The van der Waals surface area contributed by atoms with Crippen LogP contribution in [-0.4, -0.2) is 191 Å². The third-order valence-corrected chi connectivity index (χ3v) is 22.5. The van der Waals surface area contributed by atoms with Crippen LogP contribution < -0.4 is 33.7 Å². The Labute approximate surface area is 622 Å². The molecule has 0 spiro atoms. The summed E-state index contributed by atoms with van der Waals surface area (Å²) in [4.78, 5) is 17.2. The third-order valence-electron chi connectivity index (χ3n) is 20.5. The minimum absolute atomic E-state index is 0.00657. The molecule has 0 radical (unpaired) electrons. The fourth-order valence-corrected chi connectivity index (χ4v) is 15.2. The number of aliphatic hydroxyl groups is 6. The molecule has 5 unspecified atom stereocenters. The van der Waals surface area contributed by atoms with Gasteiger partial charge in [-0.2, -0.15) is 0 Å². The first-order valence-corrected chi connectivity index (χ1v) is 38.4. The van der Waals surface area contributed by atoms with Crippen molar-refractivity contribution in [2.75, 3.05) is 126 Å². The van der Waals surface area contributed by atoms with Gasteiger partial charge in [0.1, 0.15) is 97.5 Å². The van der Waals surface area contributed by atoms with Gasteiger partial charge in [-0.05, 0) is 302 Å². The van der Waals surface area contributed by atoms with Gasteiger partial charge in [0.25, 0.3) is 0 Å². The highest BCUT2D eigenvalue weighted by Gasteiger charge is 2.43. The number of hydrogen-bond acceptors (Lipinski definition) is 18. The van der Waals surface area contributed by atoms with Crippen LogP contribution in [0.3, 0.4) is 0 Å². The first-order valence-electron chi connectivity index (χ1n) is 36.1. The van der Waals surface area contributed by atoms with Crippen LogP contribution in [0.4, 0.5) is 0 Å². The van der Waals surface area contributed by atoms with Crippen LogP contribution in [0.25, 0.3) is 0 Å². The Kier molecular flexibility index (Phi) is 31.5. The predicted octanol–water partition coefficient (Wildman–Crippen LogP) is 11.8. The fraction of sp³-hybridized carbons (Fsp3) is 0.537. The molecule has 6 aliphatic rings. The van der Waals surface area contributed by atoms with Crippen molar-refractivity contribution in [1.82, 2.24) is 15.1 Å². The Bertz CT molecular complexity index is 3570. The average Bonchev–Trinajstić information content (AvgIpc) is 0.775. The van der Waals surface area contributed by atoms with E-state index in [1.165, 1.54) is 53.5 Å². The maximum absolute atomic E-state index is 12.2. The lowest BCUT2D eigenvalue weighted by atomic mass is 9.86. The first-order chi connectivity index (χ1) is 48.9. The fourth-order valence-electron chi connectivity index (χ4n) is 14.1. The number of nitrogens with one attached hydrogen (secondary N) is 1. The normalized spacial score (nSPS) is 21.6. The molecule has 0 bridgehead atoms.